The van der Waals surface area contributed by atoms with E-state index in [0.717, 1.165) is 11.1 Å². The van der Waals surface area contributed by atoms with Crippen LogP contribution in [0.1, 0.15) is 34.6 Å². The molecule has 0 spiro atoms. The molecule has 17 heavy (non-hydrogen) atoms. The van der Waals surface area contributed by atoms with Crippen LogP contribution in [0.4, 0.5) is 0 Å². The lowest BCUT2D eigenvalue weighted by molar-refractivity contribution is -0.0521. The zero-order valence-corrected chi connectivity index (χ0v) is 11.1. The summed E-state index contributed by atoms with van der Waals surface area (Å²) in [6.07, 6.45) is 1.71. The lowest BCUT2D eigenvalue weighted by Crippen LogP contribution is -2.33. The van der Waals surface area contributed by atoms with Gasteiger partial charge in [-0.3, -0.25) is 9.63 Å². The van der Waals surface area contributed by atoms with Gasteiger partial charge in [-0.15, -0.1) is 11.3 Å². The molecule has 0 aliphatic rings. The molecule has 0 unspecified atom stereocenters. The van der Waals surface area contributed by atoms with E-state index >= 15 is 0 Å². The molecule has 2 N–H and O–H groups in total. The molecule has 0 fully saturated rings. The van der Waals surface area contributed by atoms with Crippen LogP contribution < -0.4 is 5.48 Å². The van der Waals surface area contributed by atoms with E-state index in [4.69, 9.17) is 4.84 Å². The Kier molecular flexibility index (Phi) is 4.45. The van der Waals surface area contributed by atoms with Gasteiger partial charge in [0.2, 0.25) is 0 Å². The van der Waals surface area contributed by atoms with Crippen molar-refractivity contribution in [2.45, 2.75) is 26.4 Å². The summed E-state index contributed by atoms with van der Waals surface area (Å²) in [6.45, 7) is 8.77. The van der Waals surface area contributed by atoms with Gasteiger partial charge in [-0.2, -0.15) is 0 Å². The van der Waals surface area contributed by atoms with Crippen molar-refractivity contribution >= 4 is 23.3 Å². The lowest BCUT2D eigenvalue weighted by atomic mass is 10.1. The van der Waals surface area contributed by atoms with Gasteiger partial charge < -0.3 is 5.11 Å². The molecular weight excluding hydrogens is 238 g/mol. The van der Waals surface area contributed by atoms with Crippen molar-refractivity contribution in [1.29, 1.82) is 0 Å². The number of nitrogens with one attached hydrogen (secondary N) is 1. The van der Waals surface area contributed by atoms with Crippen LogP contribution in [0.25, 0.3) is 6.08 Å². The number of thiophene rings is 1. The summed E-state index contributed by atoms with van der Waals surface area (Å²) in [5.74, 6) is -0.301. The monoisotopic (exact) mass is 255 g/mol. The average Bonchev–Trinajstić information content (AvgIpc) is 2.57. The van der Waals surface area contributed by atoms with Crippen molar-refractivity contribution in [3.8, 4) is 0 Å². The Labute approximate surface area is 105 Å². The molecule has 1 aromatic rings. The summed E-state index contributed by atoms with van der Waals surface area (Å²) in [6, 6.07) is 0. The first kappa shape index (κ1) is 13.9. The largest absolute Gasteiger partial charge is 0.388 e. The number of amides is 1. The molecule has 0 aliphatic carbocycles. The first-order valence-corrected chi connectivity index (χ1v) is 6.08. The van der Waals surface area contributed by atoms with E-state index in [0.29, 0.717) is 4.88 Å². The van der Waals surface area contributed by atoms with Crippen molar-refractivity contribution in [3.05, 3.63) is 28.0 Å². The fourth-order valence-electron chi connectivity index (χ4n) is 1.18. The lowest BCUT2D eigenvalue weighted by Gasteiger charge is -2.16. The predicted molar refractivity (Wildman–Crippen MR) is 68.9 cm³/mol. The molecule has 4 nitrogen and oxygen atoms in total. The predicted octanol–water partition coefficient (Wildman–Crippen LogP) is 2.13. The van der Waals surface area contributed by atoms with Crippen LogP contribution in [0.3, 0.4) is 0 Å². The van der Waals surface area contributed by atoms with Crippen molar-refractivity contribution in [3.63, 3.8) is 0 Å². The Morgan fingerprint density at radius 3 is 2.82 bits per heavy atom. The van der Waals surface area contributed by atoms with Crippen LogP contribution >= 0.6 is 11.3 Å². The van der Waals surface area contributed by atoms with Crippen molar-refractivity contribution in [2.24, 2.45) is 0 Å². The molecule has 5 heteroatoms. The maximum Gasteiger partial charge on any atom is 0.285 e. The third kappa shape index (κ3) is 3.96. The summed E-state index contributed by atoms with van der Waals surface area (Å²) in [5.41, 5.74) is 3.17. The van der Waals surface area contributed by atoms with E-state index in [1.54, 1.807) is 19.9 Å². The fourth-order valence-corrected chi connectivity index (χ4v) is 2.14. The van der Waals surface area contributed by atoms with Gasteiger partial charge in [-0.1, -0.05) is 12.7 Å². The van der Waals surface area contributed by atoms with Gasteiger partial charge in [0.1, 0.15) is 6.61 Å². The molecule has 0 radical (unpaired) electrons. The Morgan fingerprint density at radius 1 is 1.71 bits per heavy atom. The van der Waals surface area contributed by atoms with Gasteiger partial charge in [-0.05, 0) is 37.3 Å². The number of rotatable bonds is 5. The fraction of sp³-hybridized carbons (Fsp3) is 0.417. The minimum absolute atomic E-state index is 0.0392. The van der Waals surface area contributed by atoms with Crippen LogP contribution in [-0.2, 0) is 4.84 Å². The zero-order valence-electron chi connectivity index (χ0n) is 10.2. The molecule has 0 atom stereocenters. The van der Waals surface area contributed by atoms with E-state index in [9.17, 15) is 9.90 Å². The van der Waals surface area contributed by atoms with Crippen molar-refractivity contribution < 1.29 is 14.7 Å². The van der Waals surface area contributed by atoms with Gasteiger partial charge in [0, 0.05) is 0 Å². The van der Waals surface area contributed by atoms with Gasteiger partial charge in [0.05, 0.1) is 10.5 Å². The number of hydroxylamine groups is 1. The number of carbonyl (C=O) groups is 1. The Morgan fingerprint density at radius 2 is 2.35 bits per heavy atom. The van der Waals surface area contributed by atoms with Crippen LogP contribution in [0.5, 0.6) is 0 Å². The van der Waals surface area contributed by atoms with Crippen LogP contribution in [-0.4, -0.2) is 23.2 Å². The Hall–Kier alpha value is -1.17. The minimum Gasteiger partial charge on any atom is -0.388 e. The van der Waals surface area contributed by atoms with E-state index in [1.807, 2.05) is 12.3 Å². The maximum atomic E-state index is 11.7. The number of hydrogen-bond donors (Lipinski definition) is 2. The highest BCUT2D eigenvalue weighted by atomic mass is 32.1. The van der Waals surface area contributed by atoms with Gasteiger partial charge in [-0.25, -0.2) is 5.48 Å². The second-order valence-electron chi connectivity index (χ2n) is 4.38. The molecule has 1 amide bonds. The second-order valence-corrected chi connectivity index (χ2v) is 5.26. The average molecular weight is 255 g/mol. The highest BCUT2D eigenvalue weighted by Crippen LogP contribution is 2.22. The summed E-state index contributed by atoms with van der Waals surface area (Å²) in [5, 5.41) is 11.3. The third-order valence-electron chi connectivity index (χ3n) is 2.09. The number of carbonyl (C=O) groups excluding carboxylic acids is 1. The highest BCUT2D eigenvalue weighted by Gasteiger charge is 2.16. The number of hydrogen-bond acceptors (Lipinski definition) is 4. The van der Waals surface area contributed by atoms with Crippen LogP contribution in [0.2, 0.25) is 0 Å². The quantitative estimate of drug-likeness (QED) is 0.792. The normalized spacial score (nSPS) is 11.3. The molecular formula is C12H17NO3S. The molecule has 1 heterocycles. The maximum absolute atomic E-state index is 11.7. The Bertz CT molecular complexity index is 418. The summed E-state index contributed by atoms with van der Waals surface area (Å²) in [4.78, 5) is 17.3. The standard InChI is InChI=1S/C12H17NO3S/c1-5-9-6-17-10(8(9)2)11(14)13-16-7-12(3,4)15/h5-6,15H,1,7H2,2-4H3,(H,13,14). The molecule has 94 valence electrons. The van der Waals surface area contributed by atoms with Crippen LogP contribution in [0, 0.1) is 6.92 Å². The molecule has 0 aromatic carbocycles. The first-order valence-electron chi connectivity index (χ1n) is 5.20. The Balaban J connectivity index is 2.58. The van der Waals surface area contributed by atoms with Gasteiger partial charge >= 0.3 is 0 Å². The molecule has 0 saturated heterocycles. The van der Waals surface area contributed by atoms with E-state index in [-0.39, 0.29) is 12.5 Å². The molecule has 0 bridgehead atoms. The first-order chi connectivity index (χ1) is 7.85. The summed E-state index contributed by atoms with van der Waals surface area (Å²) in [7, 11) is 0. The number of aliphatic hydroxyl groups is 1. The molecule has 1 rings (SSSR count). The van der Waals surface area contributed by atoms with E-state index < -0.39 is 5.60 Å². The summed E-state index contributed by atoms with van der Waals surface area (Å²) >= 11 is 1.34. The minimum atomic E-state index is -0.968. The highest BCUT2D eigenvalue weighted by molar-refractivity contribution is 7.12. The SMILES string of the molecule is C=Cc1csc(C(=O)NOCC(C)(C)O)c1C. The summed E-state index contributed by atoms with van der Waals surface area (Å²) < 4.78 is 0. The van der Waals surface area contributed by atoms with Crippen molar-refractivity contribution in [1.82, 2.24) is 5.48 Å². The zero-order chi connectivity index (χ0) is 13.1. The third-order valence-corrected chi connectivity index (χ3v) is 3.19. The molecule has 1 aromatic heterocycles. The van der Waals surface area contributed by atoms with E-state index in [2.05, 4.69) is 12.1 Å². The second kappa shape index (κ2) is 5.44. The topological polar surface area (TPSA) is 58.6 Å². The molecule has 0 saturated carbocycles. The smallest absolute Gasteiger partial charge is 0.285 e. The van der Waals surface area contributed by atoms with Gasteiger partial charge in [0.25, 0.3) is 5.91 Å². The van der Waals surface area contributed by atoms with Crippen LogP contribution in [0.15, 0.2) is 12.0 Å². The van der Waals surface area contributed by atoms with Crippen molar-refractivity contribution in [2.75, 3.05) is 6.61 Å². The van der Waals surface area contributed by atoms with Gasteiger partial charge in [0.15, 0.2) is 0 Å². The van der Waals surface area contributed by atoms with E-state index in [1.165, 1.54) is 11.3 Å². The molecule has 0 aliphatic heterocycles.